The highest BCUT2D eigenvalue weighted by molar-refractivity contribution is 5.71. The lowest BCUT2D eigenvalue weighted by Crippen LogP contribution is -2.52. The highest BCUT2D eigenvalue weighted by Gasteiger charge is 2.28. The van der Waals surface area contributed by atoms with Crippen LogP contribution in [0.15, 0.2) is 60.9 Å². The normalized spacial score (nSPS) is 16.7. The van der Waals surface area contributed by atoms with Gasteiger partial charge in [-0.1, -0.05) is 37.3 Å². The Balaban J connectivity index is 1.19. The molecule has 0 unspecified atom stereocenters. The summed E-state index contributed by atoms with van der Waals surface area (Å²) < 4.78 is 7.75. The summed E-state index contributed by atoms with van der Waals surface area (Å²) in [7, 11) is 6.10. The number of rotatable bonds is 11. The molecule has 0 saturated carbocycles. The Bertz CT molecular complexity index is 1570. The molecule has 2 saturated heterocycles. The van der Waals surface area contributed by atoms with Crippen LogP contribution in [0.3, 0.4) is 0 Å². The van der Waals surface area contributed by atoms with Crippen molar-refractivity contribution in [3.8, 4) is 22.8 Å². The molecule has 0 spiro atoms. The van der Waals surface area contributed by atoms with Crippen molar-refractivity contribution in [2.75, 3.05) is 77.2 Å². The van der Waals surface area contributed by atoms with Crippen LogP contribution >= 0.6 is 0 Å². The number of anilines is 3. The second-order valence-electron chi connectivity index (χ2n) is 12.8. The largest absolute Gasteiger partial charge is 0.494 e. The first kappa shape index (κ1) is 32.0. The predicted octanol–water partition coefficient (Wildman–Crippen LogP) is 5.45. The van der Waals surface area contributed by atoms with Crippen LogP contribution in [-0.2, 0) is 6.54 Å². The maximum atomic E-state index is 5.89. The van der Waals surface area contributed by atoms with Gasteiger partial charge in [-0.15, -0.1) is 0 Å². The maximum Gasteiger partial charge on any atom is 0.229 e. The first-order valence-corrected chi connectivity index (χ1v) is 16.7. The van der Waals surface area contributed by atoms with Gasteiger partial charge in [0.1, 0.15) is 5.75 Å². The standard InChI is InChI=1S/C36H49N9O/c1-6-16-42(4)25-29-26-45(40-35(29)28-10-8-7-9-11-28)34-12-15-37-36(39-34)38-31-23-27(2)32(24-33(31)46-5)44-17-13-30(14-18-44)43-21-19-41(3)20-22-43/h7-12,15,23-24,26,30H,6,13-14,16-22,25H2,1-5H3,(H,37,38,39). The Labute approximate surface area is 274 Å². The van der Waals surface area contributed by atoms with Crippen LogP contribution in [0.2, 0.25) is 0 Å². The summed E-state index contributed by atoms with van der Waals surface area (Å²) in [6.45, 7) is 13.0. The van der Waals surface area contributed by atoms with Crippen molar-refractivity contribution in [3.05, 3.63) is 72.1 Å². The number of piperazine rings is 1. The van der Waals surface area contributed by atoms with E-state index in [9.17, 15) is 0 Å². The average molecular weight is 624 g/mol. The van der Waals surface area contributed by atoms with E-state index >= 15 is 0 Å². The molecule has 2 aromatic carbocycles. The smallest absolute Gasteiger partial charge is 0.229 e. The first-order valence-electron chi connectivity index (χ1n) is 16.7. The predicted molar refractivity (Wildman–Crippen MR) is 187 cm³/mol. The SMILES string of the molecule is CCCN(C)Cc1cn(-c2ccnc(Nc3cc(C)c(N4CCC(N5CCN(C)CC5)CC4)cc3OC)n2)nc1-c1ccccc1. The number of piperidine rings is 1. The van der Waals surface area contributed by atoms with E-state index in [-0.39, 0.29) is 0 Å². The van der Waals surface area contributed by atoms with E-state index in [0.717, 1.165) is 60.9 Å². The van der Waals surface area contributed by atoms with Gasteiger partial charge in [-0.2, -0.15) is 10.1 Å². The Morgan fingerprint density at radius 1 is 1.00 bits per heavy atom. The molecule has 0 aliphatic carbocycles. The molecule has 1 N–H and O–H groups in total. The van der Waals surface area contributed by atoms with Gasteiger partial charge >= 0.3 is 0 Å². The molecule has 2 aliphatic rings. The monoisotopic (exact) mass is 623 g/mol. The van der Waals surface area contributed by atoms with E-state index in [4.69, 9.17) is 14.8 Å². The third kappa shape index (κ3) is 7.35. The Hall–Kier alpha value is -3.99. The molecular weight excluding hydrogens is 574 g/mol. The molecule has 46 heavy (non-hydrogen) atoms. The number of nitrogens with one attached hydrogen (secondary N) is 1. The molecule has 0 radical (unpaired) electrons. The summed E-state index contributed by atoms with van der Waals surface area (Å²) in [5.74, 6) is 1.98. The van der Waals surface area contributed by atoms with Crippen LogP contribution in [0.5, 0.6) is 5.75 Å². The van der Waals surface area contributed by atoms with Crippen molar-refractivity contribution in [1.82, 2.24) is 34.4 Å². The van der Waals surface area contributed by atoms with Gasteiger partial charge in [0.25, 0.3) is 0 Å². The zero-order valence-electron chi connectivity index (χ0n) is 28.1. The van der Waals surface area contributed by atoms with Gasteiger partial charge in [-0.25, -0.2) is 9.67 Å². The molecule has 4 aromatic rings. The van der Waals surface area contributed by atoms with Crippen LogP contribution in [0.1, 0.15) is 37.3 Å². The van der Waals surface area contributed by atoms with E-state index in [1.54, 1.807) is 13.3 Å². The van der Waals surface area contributed by atoms with Gasteiger partial charge in [-0.05, 0) is 58.5 Å². The van der Waals surface area contributed by atoms with Gasteiger partial charge < -0.3 is 24.8 Å². The van der Waals surface area contributed by atoms with E-state index in [1.165, 1.54) is 50.3 Å². The van der Waals surface area contributed by atoms with Crippen molar-refractivity contribution < 1.29 is 4.74 Å². The fourth-order valence-electron chi connectivity index (χ4n) is 6.83. The number of methoxy groups -OCH3 is 1. The molecule has 4 heterocycles. The number of likely N-dealkylation sites (N-methyl/N-ethyl adjacent to an activating group) is 1. The van der Waals surface area contributed by atoms with Crippen LogP contribution in [-0.4, -0.2) is 108 Å². The van der Waals surface area contributed by atoms with Crippen molar-refractivity contribution in [1.29, 1.82) is 0 Å². The lowest BCUT2D eigenvalue weighted by Gasteiger charge is -2.43. The van der Waals surface area contributed by atoms with Crippen LogP contribution in [0.4, 0.5) is 17.3 Å². The number of benzene rings is 2. The number of aromatic nitrogens is 4. The molecule has 244 valence electrons. The van der Waals surface area contributed by atoms with Crippen LogP contribution in [0.25, 0.3) is 17.1 Å². The fourth-order valence-corrected chi connectivity index (χ4v) is 6.83. The van der Waals surface area contributed by atoms with E-state index in [2.05, 4.69) is 100 Å². The lowest BCUT2D eigenvalue weighted by atomic mass is 10.0. The molecule has 2 aliphatic heterocycles. The summed E-state index contributed by atoms with van der Waals surface area (Å²) in [4.78, 5) is 19.4. The molecule has 10 nitrogen and oxygen atoms in total. The van der Waals surface area contributed by atoms with Crippen molar-refractivity contribution >= 4 is 17.3 Å². The zero-order valence-corrected chi connectivity index (χ0v) is 28.1. The second kappa shape index (κ2) is 14.6. The van der Waals surface area contributed by atoms with Crippen molar-refractivity contribution in [2.45, 2.75) is 45.7 Å². The number of nitrogens with zero attached hydrogens (tertiary/aromatic N) is 8. The highest BCUT2D eigenvalue weighted by atomic mass is 16.5. The van der Waals surface area contributed by atoms with Gasteiger partial charge in [0.05, 0.1) is 18.5 Å². The Morgan fingerprint density at radius 2 is 1.76 bits per heavy atom. The van der Waals surface area contributed by atoms with Gasteiger partial charge in [0.15, 0.2) is 5.82 Å². The molecule has 0 amide bonds. The fraction of sp³-hybridized carbons (Fsp3) is 0.472. The van der Waals surface area contributed by atoms with E-state index < -0.39 is 0 Å². The highest BCUT2D eigenvalue weighted by Crippen LogP contribution is 2.36. The van der Waals surface area contributed by atoms with Crippen molar-refractivity contribution in [3.63, 3.8) is 0 Å². The summed E-state index contributed by atoms with van der Waals surface area (Å²) >= 11 is 0. The minimum Gasteiger partial charge on any atom is -0.494 e. The Morgan fingerprint density at radius 3 is 2.48 bits per heavy atom. The van der Waals surface area contributed by atoms with Gasteiger partial charge in [0, 0.05) is 93.2 Å². The second-order valence-corrected chi connectivity index (χ2v) is 12.8. The minimum absolute atomic E-state index is 0.498. The molecule has 0 bridgehead atoms. The molecule has 6 rings (SSSR count). The molecule has 2 fully saturated rings. The minimum atomic E-state index is 0.498. The maximum absolute atomic E-state index is 5.89. The number of aryl methyl sites for hydroxylation is 1. The van der Waals surface area contributed by atoms with Crippen LogP contribution in [0, 0.1) is 6.92 Å². The van der Waals surface area contributed by atoms with Gasteiger partial charge in [-0.3, -0.25) is 4.90 Å². The Kier molecular flexibility index (Phi) is 10.2. The lowest BCUT2D eigenvalue weighted by molar-refractivity contribution is 0.0982. The quantitative estimate of drug-likeness (QED) is 0.235. The third-order valence-electron chi connectivity index (χ3n) is 9.38. The first-order chi connectivity index (χ1) is 22.4. The summed E-state index contributed by atoms with van der Waals surface area (Å²) in [6, 6.07) is 17.2. The topological polar surface area (TPSA) is 77.8 Å². The summed E-state index contributed by atoms with van der Waals surface area (Å²) in [5, 5.41) is 8.43. The molecular formula is C36H49N9O. The average Bonchev–Trinajstić information content (AvgIpc) is 3.50. The number of ether oxygens (including phenoxy) is 1. The van der Waals surface area contributed by atoms with Gasteiger partial charge in [0.2, 0.25) is 5.95 Å². The molecule has 2 aromatic heterocycles. The third-order valence-corrected chi connectivity index (χ3v) is 9.38. The number of hydrogen-bond acceptors (Lipinski definition) is 9. The molecule has 0 atom stereocenters. The van der Waals surface area contributed by atoms with E-state index in [1.807, 2.05) is 16.8 Å². The summed E-state index contributed by atoms with van der Waals surface area (Å²) in [6.07, 6.45) is 7.36. The zero-order chi connectivity index (χ0) is 32.0. The number of hydrogen-bond donors (Lipinski definition) is 1. The van der Waals surface area contributed by atoms with Crippen molar-refractivity contribution in [2.24, 2.45) is 0 Å². The van der Waals surface area contributed by atoms with E-state index in [0.29, 0.717) is 17.8 Å². The summed E-state index contributed by atoms with van der Waals surface area (Å²) in [5.41, 5.74) is 6.52. The molecule has 10 heteroatoms. The van der Waals surface area contributed by atoms with Crippen LogP contribution < -0.4 is 15.0 Å².